The van der Waals surface area contributed by atoms with Gasteiger partial charge in [-0.15, -0.1) is 0 Å². The van der Waals surface area contributed by atoms with Gasteiger partial charge < -0.3 is 10.2 Å². The fraction of sp³-hybridized carbons (Fsp3) is 1.00. The Balaban J connectivity index is 2.37. The van der Waals surface area contributed by atoms with E-state index in [0.717, 1.165) is 6.04 Å². The van der Waals surface area contributed by atoms with Crippen molar-refractivity contribution >= 4 is 11.8 Å². The van der Waals surface area contributed by atoms with Crippen molar-refractivity contribution in [2.45, 2.75) is 70.1 Å². The highest BCUT2D eigenvalue weighted by atomic mass is 32.2. The molecule has 1 aliphatic heterocycles. The summed E-state index contributed by atoms with van der Waals surface area (Å²) in [6.45, 7) is 12.0. The van der Waals surface area contributed by atoms with E-state index >= 15 is 0 Å². The van der Waals surface area contributed by atoms with Crippen LogP contribution in [0.4, 0.5) is 0 Å². The molecule has 3 heteroatoms. The first kappa shape index (κ1) is 17.3. The molecule has 1 N–H and O–H groups in total. The van der Waals surface area contributed by atoms with Gasteiger partial charge in [0.15, 0.2) is 0 Å². The number of nitrogens with zero attached hydrogens (tertiary/aromatic N) is 1. The van der Waals surface area contributed by atoms with Crippen LogP contribution >= 0.6 is 11.8 Å². The number of hydrogen-bond donors (Lipinski definition) is 1. The van der Waals surface area contributed by atoms with Gasteiger partial charge in [-0.1, -0.05) is 20.8 Å². The zero-order valence-electron chi connectivity index (χ0n) is 13.5. The third-order valence-electron chi connectivity index (χ3n) is 4.80. The summed E-state index contributed by atoms with van der Waals surface area (Å²) in [6, 6.07) is 0.742. The van der Waals surface area contributed by atoms with E-state index in [1.54, 1.807) is 0 Å². The smallest absolute Gasteiger partial charge is 0.0276 e. The number of thioether (sulfide) groups is 1. The molecule has 114 valence electrons. The summed E-state index contributed by atoms with van der Waals surface area (Å²) in [5.41, 5.74) is 0. The zero-order valence-corrected chi connectivity index (χ0v) is 14.3. The maximum atomic E-state index is 3.87. The predicted molar refractivity (Wildman–Crippen MR) is 89.2 cm³/mol. The molecule has 1 heterocycles. The highest BCUT2D eigenvalue weighted by molar-refractivity contribution is 8.00. The van der Waals surface area contributed by atoms with Crippen molar-refractivity contribution in [2.24, 2.45) is 0 Å². The van der Waals surface area contributed by atoms with Crippen molar-refractivity contribution in [3.05, 3.63) is 0 Å². The minimum atomic E-state index is 0.454. The normalized spacial score (nSPS) is 22.4. The van der Waals surface area contributed by atoms with Crippen molar-refractivity contribution in [2.75, 3.05) is 32.4 Å². The minimum Gasteiger partial charge on any atom is -0.313 e. The average Bonchev–Trinajstić information content (AvgIpc) is 2.67. The average molecular weight is 287 g/mol. The summed E-state index contributed by atoms with van der Waals surface area (Å²) in [6.07, 6.45) is 10.2. The van der Waals surface area contributed by atoms with Gasteiger partial charge in [-0.3, -0.25) is 0 Å². The second-order valence-electron chi connectivity index (χ2n) is 5.94. The number of rotatable bonds is 8. The molecule has 1 aliphatic rings. The van der Waals surface area contributed by atoms with Crippen molar-refractivity contribution in [3.63, 3.8) is 0 Å². The van der Waals surface area contributed by atoms with Crippen LogP contribution in [0.2, 0.25) is 0 Å². The molecule has 0 aliphatic carbocycles. The summed E-state index contributed by atoms with van der Waals surface area (Å²) in [7, 11) is 0. The summed E-state index contributed by atoms with van der Waals surface area (Å²) < 4.78 is 0.454. The summed E-state index contributed by atoms with van der Waals surface area (Å²) in [5.74, 6) is 0. The lowest BCUT2D eigenvalue weighted by Crippen LogP contribution is -2.42. The van der Waals surface area contributed by atoms with Gasteiger partial charge >= 0.3 is 0 Å². The van der Waals surface area contributed by atoms with E-state index < -0.39 is 0 Å². The summed E-state index contributed by atoms with van der Waals surface area (Å²) in [4.78, 5) is 2.64. The second kappa shape index (κ2) is 9.25. The Morgan fingerprint density at radius 1 is 1.16 bits per heavy atom. The van der Waals surface area contributed by atoms with Gasteiger partial charge in [-0.2, -0.15) is 11.8 Å². The molecule has 0 aromatic carbocycles. The van der Waals surface area contributed by atoms with Gasteiger partial charge in [0.05, 0.1) is 0 Å². The van der Waals surface area contributed by atoms with Crippen molar-refractivity contribution < 1.29 is 0 Å². The molecule has 0 radical (unpaired) electrons. The van der Waals surface area contributed by atoms with Crippen LogP contribution in [0.1, 0.15) is 59.3 Å². The minimum absolute atomic E-state index is 0.454. The predicted octanol–water partition coefficient (Wildman–Crippen LogP) is 3.76. The molecule has 0 saturated carbocycles. The van der Waals surface area contributed by atoms with Gasteiger partial charge in [0, 0.05) is 17.3 Å². The Bertz CT molecular complexity index is 221. The molecule has 1 saturated heterocycles. The number of hydrogen-bond acceptors (Lipinski definition) is 3. The number of nitrogens with one attached hydrogen (secondary N) is 1. The Hall–Kier alpha value is 0.270. The van der Waals surface area contributed by atoms with Gasteiger partial charge in [0.2, 0.25) is 0 Å². The fourth-order valence-electron chi connectivity index (χ4n) is 3.09. The van der Waals surface area contributed by atoms with E-state index in [1.165, 1.54) is 64.7 Å². The molecule has 2 nitrogen and oxygen atoms in total. The first-order valence-electron chi connectivity index (χ1n) is 8.20. The van der Waals surface area contributed by atoms with Gasteiger partial charge in [-0.25, -0.2) is 0 Å². The van der Waals surface area contributed by atoms with Crippen molar-refractivity contribution in [1.82, 2.24) is 10.2 Å². The lowest BCUT2D eigenvalue weighted by atomic mass is 10.0. The summed E-state index contributed by atoms with van der Waals surface area (Å²) in [5, 5.41) is 3.87. The third kappa shape index (κ3) is 5.65. The van der Waals surface area contributed by atoms with Crippen LogP contribution in [0.25, 0.3) is 0 Å². The van der Waals surface area contributed by atoms with Crippen LogP contribution in [0.5, 0.6) is 0 Å². The highest BCUT2D eigenvalue weighted by Gasteiger charge is 2.26. The van der Waals surface area contributed by atoms with E-state index in [9.17, 15) is 0 Å². The zero-order chi connectivity index (χ0) is 14.1. The van der Waals surface area contributed by atoms with E-state index in [0.29, 0.717) is 4.75 Å². The first-order chi connectivity index (χ1) is 9.19. The van der Waals surface area contributed by atoms with Gasteiger partial charge in [0.1, 0.15) is 0 Å². The molecule has 1 atom stereocenters. The van der Waals surface area contributed by atoms with Crippen LogP contribution in [0.3, 0.4) is 0 Å². The summed E-state index contributed by atoms with van der Waals surface area (Å²) >= 11 is 2.05. The SMILES string of the molecule is CCCN1CCCC(NCC(CC)(CC)SC)CC1. The molecule has 0 aromatic heterocycles. The van der Waals surface area contributed by atoms with Crippen molar-refractivity contribution in [1.29, 1.82) is 0 Å². The molecule has 1 rings (SSSR count). The molecule has 1 fully saturated rings. The van der Waals surface area contributed by atoms with Crippen LogP contribution < -0.4 is 5.32 Å². The molecule has 0 aromatic rings. The van der Waals surface area contributed by atoms with Crippen LogP contribution in [-0.4, -0.2) is 48.1 Å². The quantitative estimate of drug-likeness (QED) is 0.731. The molecule has 19 heavy (non-hydrogen) atoms. The fourth-order valence-corrected chi connectivity index (χ4v) is 3.90. The first-order valence-corrected chi connectivity index (χ1v) is 9.43. The lowest BCUT2D eigenvalue weighted by molar-refractivity contribution is 0.282. The largest absolute Gasteiger partial charge is 0.313 e. The van der Waals surface area contributed by atoms with E-state index in [1.807, 2.05) is 11.8 Å². The van der Waals surface area contributed by atoms with E-state index in [4.69, 9.17) is 0 Å². The highest BCUT2D eigenvalue weighted by Crippen LogP contribution is 2.30. The maximum Gasteiger partial charge on any atom is 0.0276 e. The number of likely N-dealkylation sites (tertiary alicyclic amines) is 1. The lowest BCUT2D eigenvalue weighted by Gasteiger charge is -2.32. The monoisotopic (exact) mass is 286 g/mol. The second-order valence-corrected chi connectivity index (χ2v) is 7.22. The Morgan fingerprint density at radius 2 is 1.89 bits per heavy atom. The molecular weight excluding hydrogens is 252 g/mol. The Kier molecular flexibility index (Phi) is 8.43. The van der Waals surface area contributed by atoms with Gasteiger partial charge in [-0.05, 0) is 64.4 Å². The topological polar surface area (TPSA) is 15.3 Å². The maximum absolute atomic E-state index is 3.87. The van der Waals surface area contributed by atoms with Gasteiger partial charge in [0.25, 0.3) is 0 Å². The van der Waals surface area contributed by atoms with E-state index in [2.05, 4.69) is 37.2 Å². The standard InChI is InChI=1S/C16H34N2S/c1-5-11-18-12-8-9-15(10-13-18)17-14-16(6-2,7-3)19-4/h15,17H,5-14H2,1-4H3. The van der Waals surface area contributed by atoms with Crippen LogP contribution in [0.15, 0.2) is 0 Å². The Labute approximate surface area is 125 Å². The van der Waals surface area contributed by atoms with Crippen molar-refractivity contribution in [3.8, 4) is 0 Å². The van der Waals surface area contributed by atoms with Crippen LogP contribution in [-0.2, 0) is 0 Å². The molecule has 0 spiro atoms. The van der Waals surface area contributed by atoms with Crippen LogP contribution in [0, 0.1) is 0 Å². The van der Waals surface area contributed by atoms with E-state index in [-0.39, 0.29) is 0 Å². The molecule has 0 amide bonds. The third-order valence-corrected chi connectivity index (χ3v) is 6.38. The Morgan fingerprint density at radius 3 is 2.47 bits per heavy atom. The molecule has 0 bridgehead atoms. The molecule has 1 unspecified atom stereocenters. The molecular formula is C16H34N2S.